The van der Waals surface area contributed by atoms with Crippen molar-refractivity contribution in [2.45, 2.75) is 65.8 Å². The van der Waals surface area contributed by atoms with Gasteiger partial charge in [-0.3, -0.25) is 14.3 Å². The lowest BCUT2D eigenvalue weighted by atomic mass is 10.0. The topological polar surface area (TPSA) is 97.4 Å². The van der Waals surface area contributed by atoms with Gasteiger partial charge < -0.3 is 14.3 Å². The van der Waals surface area contributed by atoms with Crippen LogP contribution in [0.4, 0.5) is 0 Å². The molecule has 0 aromatic carbocycles. The molecule has 0 bridgehead atoms. The molecular formula is C21H32N6O3. The third-order valence-corrected chi connectivity index (χ3v) is 5.99. The Bertz CT molecular complexity index is 903. The Hall–Kier alpha value is -2.71. The Morgan fingerprint density at radius 1 is 1.23 bits per heavy atom. The first-order valence-corrected chi connectivity index (χ1v) is 10.6. The van der Waals surface area contributed by atoms with Crippen molar-refractivity contribution < 1.29 is 14.1 Å². The number of rotatable bonds is 7. The second kappa shape index (κ2) is 9.40. The fourth-order valence-corrected chi connectivity index (χ4v) is 4.27. The molecule has 0 radical (unpaired) electrons. The highest BCUT2D eigenvalue weighted by Crippen LogP contribution is 2.20. The zero-order valence-electron chi connectivity index (χ0n) is 18.6. The summed E-state index contributed by atoms with van der Waals surface area (Å²) in [6.45, 7) is 9.20. The zero-order valence-corrected chi connectivity index (χ0v) is 18.6. The van der Waals surface area contributed by atoms with Gasteiger partial charge in [-0.1, -0.05) is 5.16 Å². The lowest BCUT2D eigenvalue weighted by molar-refractivity contribution is -0.138. The molecule has 0 aliphatic carbocycles. The molecule has 9 nitrogen and oxygen atoms in total. The van der Waals surface area contributed by atoms with Crippen molar-refractivity contribution in [3.05, 3.63) is 28.7 Å². The van der Waals surface area contributed by atoms with E-state index >= 15 is 0 Å². The van der Waals surface area contributed by atoms with Gasteiger partial charge in [0.2, 0.25) is 17.7 Å². The van der Waals surface area contributed by atoms with Crippen LogP contribution in [0.15, 0.2) is 4.52 Å². The second-order valence-electron chi connectivity index (χ2n) is 8.10. The molecule has 164 valence electrons. The molecule has 2 amide bonds. The van der Waals surface area contributed by atoms with Gasteiger partial charge in [-0.05, 0) is 38.7 Å². The van der Waals surface area contributed by atoms with E-state index in [9.17, 15) is 9.59 Å². The smallest absolute Gasteiger partial charge is 0.223 e. The van der Waals surface area contributed by atoms with Gasteiger partial charge in [0.1, 0.15) is 0 Å². The lowest BCUT2D eigenvalue weighted by Gasteiger charge is -2.39. The van der Waals surface area contributed by atoms with E-state index in [0.717, 1.165) is 36.3 Å². The fourth-order valence-electron chi connectivity index (χ4n) is 4.27. The monoisotopic (exact) mass is 416 g/mol. The van der Waals surface area contributed by atoms with Crippen LogP contribution in [0.2, 0.25) is 0 Å². The van der Waals surface area contributed by atoms with Crippen LogP contribution in [0.5, 0.6) is 0 Å². The summed E-state index contributed by atoms with van der Waals surface area (Å²) in [5.41, 5.74) is 3.25. The molecule has 30 heavy (non-hydrogen) atoms. The first-order valence-electron chi connectivity index (χ1n) is 10.6. The summed E-state index contributed by atoms with van der Waals surface area (Å²) >= 11 is 0. The molecule has 1 atom stereocenters. The number of likely N-dealkylation sites (tertiary alicyclic amines) is 1. The van der Waals surface area contributed by atoms with Gasteiger partial charge in [0.25, 0.3) is 0 Å². The van der Waals surface area contributed by atoms with E-state index in [-0.39, 0.29) is 17.9 Å². The van der Waals surface area contributed by atoms with Gasteiger partial charge in [0.15, 0.2) is 5.82 Å². The number of piperidine rings is 1. The average molecular weight is 417 g/mol. The molecule has 0 saturated carbocycles. The highest BCUT2D eigenvalue weighted by molar-refractivity contribution is 5.77. The average Bonchev–Trinajstić information content (AvgIpc) is 3.22. The summed E-state index contributed by atoms with van der Waals surface area (Å²) in [5.74, 6) is 1.27. The van der Waals surface area contributed by atoms with Crippen LogP contribution in [-0.4, -0.2) is 67.2 Å². The molecule has 1 aliphatic heterocycles. The van der Waals surface area contributed by atoms with E-state index < -0.39 is 0 Å². The summed E-state index contributed by atoms with van der Waals surface area (Å²) in [6.07, 6.45) is 3.49. The molecule has 2 aromatic heterocycles. The maximum Gasteiger partial charge on any atom is 0.223 e. The van der Waals surface area contributed by atoms with E-state index in [2.05, 4.69) is 15.2 Å². The molecule has 1 fully saturated rings. The van der Waals surface area contributed by atoms with Crippen molar-refractivity contribution in [3.63, 3.8) is 0 Å². The minimum Gasteiger partial charge on any atom is -0.341 e. The van der Waals surface area contributed by atoms with Crippen molar-refractivity contribution in [2.75, 3.05) is 19.6 Å². The molecule has 1 unspecified atom stereocenters. The third kappa shape index (κ3) is 5.06. The lowest BCUT2D eigenvalue weighted by Crippen LogP contribution is -2.51. The largest absolute Gasteiger partial charge is 0.341 e. The van der Waals surface area contributed by atoms with Gasteiger partial charge >= 0.3 is 0 Å². The normalized spacial score (nSPS) is 16.7. The van der Waals surface area contributed by atoms with Crippen LogP contribution >= 0.6 is 0 Å². The molecule has 9 heteroatoms. The Morgan fingerprint density at radius 3 is 2.60 bits per heavy atom. The van der Waals surface area contributed by atoms with E-state index in [4.69, 9.17) is 4.52 Å². The molecule has 0 spiro atoms. The van der Waals surface area contributed by atoms with Crippen molar-refractivity contribution in [1.29, 1.82) is 0 Å². The van der Waals surface area contributed by atoms with Gasteiger partial charge in [0.05, 0.1) is 5.69 Å². The fraction of sp³-hybridized carbons (Fsp3) is 0.667. The first kappa shape index (κ1) is 22.0. The Labute approximate surface area is 177 Å². The number of hydrogen-bond donors (Lipinski definition) is 0. The van der Waals surface area contributed by atoms with Crippen LogP contribution in [0, 0.1) is 20.8 Å². The van der Waals surface area contributed by atoms with Crippen LogP contribution in [-0.2, 0) is 29.5 Å². The quantitative estimate of drug-likeness (QED) is 0.682. The van der Waals surface area contributed by atoms with E-state index in [0.29, 0.717) is 44.1 Å². The van der Waals surface area contributed by atoms with Gasteiger partial charge in [-0.2, -0.15) is 10.1 Å². The Balaban J connectivity index is 1.58. The number of aryl methyl sites for hydroxylation is 3. The van der Waals surface area contributed by atoms with Crippen molar-refractivity contribution >= 4 is 11.8 Å². The Kier molecular flexibility index (Phi) is 6.89. The SMILES string of the molecule is CC(=O)N(CCc1noc(C)n1)C1CCCN(C(=O)CCc2c(C)nn(C)c2C)C1. The number of aromatic nitrogens is 4. The highest BCUT2D eigenvalue weighted by Gasteiger charge is 2.29. The summed E-state index contributed by atoms with van der Waals surface area (Å²) in [6, 6.07) is 0.0232. The number of hydrogen-bond acceptors (Lipinski definition) is 6. The highest BCUT2D eigenvalue weighted by atomic mass is 16.5. The van der Waals surface area contributed by atoms with Crippen LogP contribution in [0.3, 0.4) is 0 Å². The summed E-state index contributed by atoms with van der Waals surface area (Å²) in [7, 11) is 1.93. The van der Waals surface area contributed by atoms with Crippen molar-refractivity contribution in [1.82, 2.24) is 29.7 Å². The van der Waals surface area contributed by atoms with E-state index in [1.54, 1.807) is 13.8 Å². The van der Waals surface area contributed by atoms with E-state index in [1.165, 1.54) is 0 Å². The van der Waals surface area contributed by atoms with Crippen molar-refractivity contribution in [2.24, 2.45) is 7.05 Å². The molecular weight excluding hydrogens is 384 g/mol. The molecule has 3 heterocycles. The minimum atomic E-state index is 0.0103. The van der Waals surface area contributed by atoms with Crippen LogP contribution in [0.25, 0.3) is 0 Å². The third-order valence-electron chi connectivity index (χ3n) is 5.99. The van der Waals surface area contributed by atoms with Gasteiger partial charge in [-0.25, -0.2) is 0 Å². The van der Waals surface area contributed by atoms with Gasteiger partial charge in [-0.15, -0.1) is 0 Å². The van der Waals surface area contributed by atoms with Crippen molar-refractivity contribution in [3.8, 4) is 0 Å². The summed E-state index contributed by atoms with van der Waals surface area (Å²) in [4.78, 5) is 33.1. The predicted octanol–water partition coefficient (Wildman–Crippen LogP) is 1.74. The van der Waals surface area contributed by atoms with E-state index in [1.807, 2.05) is 35.4 Å². The summed E-state index contributed by atoms with van der Waals surface area (Å²) < 4.78 is 6.87. The second-order valence-corrected chi connectivity index (χ2v) is 8.10. The van der Waals surface area contributed by atoms with Gasteiger partial charge in [0, 0.05) is 65.1 Å². The molecule has 2 aromatic rings. The standard InChI is InChI=1S/C21H32N6O3/c1-14-19(15(2)25(5)23-14)8-9-21(29)26-11-6-7-18(13-26)27(17(4)28)12-10-20-22-16(3)30-24-20/h18H,6-13H2,1-5H3. The number of nitrogens with zero attached hydrogens (tertiary/aromatic N) is 6. The summed E-state index contributed by atoms with van der Waals surface area (Å²) in [5, 5.41) is 8.34. The molecule has 1 aliphatic rings. The molecule has 0 N–H and O–H groups in total. The van der Waals surface area contributed by atoms with Crippen LogP contribution in [0.1, 0.15) is 54.9 Å². The maximum atomic E-state index is 12.9. The zero-order chi connectivity index (χ0) is 21.8. The van der Waals surface area contributed by atoms with Crippen LogP contribution < -0.4 is 0 Å². The minimum absolute atomic E-state index is 0.0103. The predicted molar refractivity (Wildman–Crippen MR) is 111 cm³/mol. The number of amides is 2. The Morgan fingerprint density at radius 2 is 2.00 bits per heavy atom. The molecule has 1 saturated heterocycles. The number of carbonyl (C=O) groups excluding carboxylic acids is 2. The maximum absolute atomic E-state index is 12.9. The number of carbonyl (C=O) groups is 2. The first-order chi connectivity index (χ1) is 14.3. The molecule has 3 rings (SSSR count).